The van der Waals surface area contributed by atoms with Crippen molar-refractivity contribution in [2.45, 2.75) is 32.1 Å². The zero-order valence-corrected chi connectivity index (χ0v) is 12.5. The van der Waals surface area contributed by atoms with Crippen LogP contribution in [0.25, 0.3) is 0 Å². The molecule has 2 N–H and O–H groups in total. The molecule has 1 unspecified atom stereocenters. The average Bonchev–Trinajstić information content (AvgIpc) is 2.35. The molecule has 0 aliphatic carbocycles. The molecule has 2 rings (SSSR count). The molecule has 0 radical (unpaired) electrons. The van der Waals surface area contributed by atoms with Crippen LogP contribution in [-0.2, 0) is 16.1 Å². The predicted octanol–water partition coefficient (Wildman–Crippen LogP) is 2.28. The van der Waals surface area contributed by atoms with Crippen molar-refractivity contribution in [3.05, 3.63) is 35.4 Å². The fraction of sp³-hybridized carbons (Fsp3) is 0.533. The molecule has 19 heavy (non-hydrogen) atoms. The lowest BCUT2D eigenvalue weighted by atomic mass is 9.90. The van der Waals surface area contributed by atoms with Gasteiger partial charge in [-0.05, 0) is 11.1 Å². The number of benzene rings is 1. The Morgan fingerprint density at radius 2 is 2.11 bits per heavy atom. The Morgan fingerprint density at radius 1 is 1.42 bits per heavy atom. The quantitative estimate of drug-likeness (QED) is 0.873. The number of thioether (sulfide) groups is 1. The van der Waals surface area contributed by atoms with Gasteiger partial charge >= 0.3 is 0 Å². The summed E-state index contributed by atoms with van der Waals surface area (Å²) in [6, 6.07) is 7.92. The third kappa shape index (κ3) is 3.12. The number of carbonyl (C=O) groups is 1. The van der Waals surface area contributed by atoms with Crippen LogP contribution in [0.4, 0.5) is 0 Å². The van der Waals surface area contributed by atoms with Crippen molar-refractivity contribution in [2.24, 2.45) is 5.41 Å². The van der Waals surface area contributed by atoms with Gasteiger partial charge in [-0.1, -0.05) is 45.0 Å². The van der Waals surface area contributed by atoms with E-state index >= 15 is 0 Å². The summed E-state index contributed by atoms with van der Waals surface area (Å²) in [6.07, 6.45) is 0. The van der Waals surface area contributed by atoms with Gasteiger partial charge in [0.25, 0.3) is 0 Å². The summed E-state index contributed by atoms with van der Waals surface area (Å²) in [5.41, 5.74) is 0.715. The van der Waals surface area contributed by atoms with E-state index in [1.165, 1.54) is 0 Å². The van der Waals surface area contributed by atoms with Crippen molar-refractivity contribution in [2.75, 3.05) is 12.3 Å². The first-order valence-electron chi connectivity index (χ1n) is 6.50. The summed E-state index contributed by atoms with van der Waals surface area (Å²) in [4.78, 5) is 11.9. The predicted molar refractivity (Wildman–Crippen MR) is 79.0 cm³/mol. The highest BCUT2D eigenvalue weighted by atomic mass is 32.2. The molecule has 4 heteroatoms. The van der Waals surface area contributed by atoms with Crippen molar-refractivity contribution in [3.8, 4) is 0 Å². The van der Waals surface area contributed by atoms with E-state index in [0.717, 1.165) is 16.9 Å². The van der Waals surface area contributed by atoms with Gasteiger partial charge < -0.3 is 10.4 Å². The Labute approximate surface area is 118 Å². The van der Waals surface area contributed by atoms with Gasteiger partial charge in [0.15, 0.2) is 0 Å². The molecule has 0 aromatic heterocycles. The zero-order valence-electron chi connectivity index (χ0n) is 11.7. The fourth-order valence-corrected chi connectivity index (χ4v) is 3.31. The summed E-state index contributed by atoms with van der Waals surface area (Å²) >= 11 is 1.70. The Bertz CT molecular complexity index is 481. The van der Waals surface area contributed by atoms with Gasteiger partial charge in [-0.3, -0.25) is 4.79 Å². The van der Waals surface area contributed by atoms with Crippen LogP contribution < -0.4 is 5.32 Å². The van der Waals surface area contributed by atoms with E-state index in [4.69, 9.17) is 0 Å². The first kappa shape index (κ1) is 14.4. The van der Waals surface area contributed by atoms with Crippen molar-refractivity contribution < 1.29 is 9.90 Å². The minimum Gasteiger partial charge on any atom is -0.382 e. The number of amides is 1. The average molecular weight is 279 g/mol. The monoisotopic (exact) mass is 279 g/mol. The van der Waals surface area contributed by atoms with Gasteiger partial charge in [0.2, 0.25) is 5.91 Å². The lowest BCUT2D eigenvalue weighted by Gasteiger charge is -2.35. The topological polar surface area (TPSA) is 49.3 Å². The lowest BCUT2D eigenvalue weighted by Crippen LogP contribution is -2.47. The molecule has 3 nitrogen and oxygen atoms in total. The normalized spacial score (nSPS) is 22.7. The lowest BCUT2D eigenvalue weighted by molar-refractivity contribution is -0.129. The van der Waals surface area contributed by atoms with Crippen LogP contribution in [0.15, 0.2) is 24.3 Å². The standard InChI is InChI=1S/C15H21NO2S/c1-14(2,3)13(17)16-9-15(18)10-19-8-11-6-4-5-7-12(11)15/h4-7,18H,8-10H2,1-3H3,(H,16,17). The van der Waals surface area contributed by atoms with Crippen LogP contribution in [0, 0.1) is 5.41 Å². The minimum atomic E-state index is -0.958. The van der Waals surface area contributed by atoms with Crippen LogP contribution in [0.3, 0.4) is 0 Å². The highest BCUT2D eigenvalue weighted by Crippen LogP contribution is 2.36. The Morgan fingerprint density at radius 3 is 2.79 bits per heavy atom. The highest BCUT2D eigenvalue weighted by molar-refractivity contribution is 7.98. The summed E-state index contributed by atoms with van der Waals surface area (Å²) in [6.45, 7) is 5.88. The van der Waals surface area contributed by atoms with Gasteiger partial charge in [0, 0.05) is 16.9 Å². The number of rotatable bonds is 2. The van der Waals surface area contributed by atoms with Crippen molar-refractivity contribution >= 4 is 17.7 Å². The van der Waals surface area contributed by atoms with E-state index in [9.17, 15) is 9.90 Å². The van der Waals surface area contributed by atoms with Crippen molar-refractivity contribution in [1.82, 2.24) is 5.32 Å². The van der Waals surface area contributed by atoms with Gasteiger partial charge in [0.05, 0.1) is 6.54 Å². The molecule has 0 fully saturated rings. The number of fused-ring (bicyclic) bond motifs is 1. The van der Waals surface area contributed by atoms with E-state index in [1.54, 1.807) is 11.8 Å². The number of hydrogen-bond acceptors (Lipinski definition) is 3. The van der Waals surface area contributed by atoms with E-state index in [1.807, 2.05) is 45.0 Å². The number of carbonyl (C=O) groups excluding carboxylic acids is 1. The number of nitrogens with one attached hydrogen (secondary N) is 1. The largest absolute Gasteiger partial charge is 0.382 e. The summed E-state index contributed by atoms with van der Waals surface area (Å²) in [7, 11) is 0. The van der Waals surface area contributed by atoms with Crippen LogP contribution in [0.2, 0.25) is 0 Å². The van der Waals surface area contributed by atoms with Crippen LogP contribution in [0.1, 0.15) is 31.9 Å². The first-order valence-corrected chi connectivity index (χ1v) is 7.65. The third-order valence-electron chi connectivity index (χ3n) is 3.34. The summed E-state index contributed by atoms with van der Waals surface area (Å²) in [5.74, 6) is 1.51. The maximum Gasteiger partial charge on any atom is 0.225 e. The maximum atomic E-state index is 11.9. The molecular weight excluding hydrogens is 258 g/mol. The van der Waals surface area contributed by atoms with E-state index in [-0.39, 0.29) is 12.5 Å². The van der Waals surface area contributed by atoms with Crippen LogP contribution in [0.5, 0.6) is 0 Å². The molecule has 1 aliphatic rings. The molecule has 1 atom stereocenters. The van der Waals surface area contributed by atoms with E-state index in [0.29, 0.717) is 5.75 Å². The molecule has 1 aromatic carbocycles. The Balaban J connectivity index is 2.14. The molecule has 0 saturated heterocycles. The zero-order chi connectivity index (χ0) is 14.1. The van der Waals surface area contributed by atoms with Gasteiger partial charge in [-0.15, -0.1) is 0 Å². The van der Waals surface area contributed by atoms with Crippen LogP contribution in [-0.4, -0.2) is 23.3 Å². The van der Waals surface area contributed by atoms with Crippen molar-refractivity contribution in [1.29, 1.82) is 0 Å². The molecule has 0 bridgehead atoms. The smallest absolute Gasteiger partial charge is 0.225 e. The van der Waals surface area contributed by atoms with Gasteiger partial charge in [-0.25, -0.2) is 0 Å². The molecule has 1 amide bonds. The summed E-state index contributed by atoms with van der Waals surface area (Å²) in [5, 5.41) is 13.7. The third-order valence-corrected chi connectivity index (χ3v) is 4.54. The van der Waals surface area contributed by atoms with E-state index in [2.05, 4.69) is 5.32 Å². The number of hydrogen-bond donors (Lipinski definition) is 2. The maximum absolute atomic E-state index is 11.9. The van der Waals surface area contributed by atoms with E-state index < -0.39 is 11.0 Å². The molecule has 104 valence electrons. The van der Waals surface area contributed by atoms with Crippen molar-refractivity contribution in [3.63, 3.8) is 0 Å². The Kier molecular flexibility index (Phi) is 3.92. The van der Waals surface area contributed by atoms with Gasteiger partial charge in [-0.2, -0.15) is 11.8 Å². The number of aliphatic hydroxyl groups is 1. The molecule has 1 aromatic rings. The molecular formula is C15H21NO2S. The highest BCUT2D eigenvalue weighted by Gasteiger charge is 2.35. The first-order chi connectivity index (χ1) is 8.83. The second-order valence-corrected chi connectivity index (χ2v) is 7.10. The summed E-state index contributed by atoms with van der Waals surface area (Å²) < 4.78 is 0. The Hall–Kier alpha value is -1.00. The second kappa shape index (κ2) is 5.17. The van der Waals surface area contributed by atoms with Gasteiger partial charge in [0.1, 0.15) is 5.60 Å². The minimum absolute atomic E-state index is 0.0334. The molecule has 1 heterocycles. The molecule has 0 spiro atoms. The fourth-order valence-electron chi connectivity index (χ4n) is 2.15. The SMILES string of the molecule is CC(C)(C)C(=O)NCC1(O)CSCc2ccccc21. The second-order valence-electron chi connectivity index (χ2n) is 6.11. The molecule has 1 aliphatic heterocycles. The van der Waals surface area contributed by atoms with Crippen LogP contribution >= 0.6 is 11.8 Å². The molecule has 0 saturated carbocycles.